The smallest absolute Gasteiger partial charge is 0.00262 e. The summed E-state index contributed by atoms with van der Waals surface area (Å²) in [6, 6.07) is 39.8. The van der Waals surface area contributed by atoms with Gasteiger partial charge in [-0.05, 0) is 196 Å². The van der Waals surface area contributed by atoms with Crippen molar-refractivity contribution in [3.8, 4) is 44.5 Å². The summed E-state index contributed by atoms with van der Waals surface area (Å²) >= 11 is 0. The van der Waals surface area contributed by atoms with Crippen molar-refractivity contribution in [2.45, 2.75) is 152 Å². The molecule has 8 aromatic carbocycles. The topological polar surface area (TPSA) is 0 Å². The van der Waals surface area contributed by atoms with Crippen molar-refractivity contribution < 1.29 is 0 Å². The van der Waals surface area contributed by atoms with E-state index in [4.69, 9.17) is 0 Å². The maximum absolute atomic E-state index is 2.71. The van der Waals surface area contributed by atoms with E-state index < -0.39 is 0 Å². The minimum Gasteiger partial charge on any atom is -0.0610 e. The van der Waals surface area contributed by atoms with Crippen LogP contribution in [0.5, 0.6) is 0 Å². The minimum absolute atomic E-state index is 0.592. The first-order chi connectivity index (χ1) is 30.8. The zero-order chi connectivity index (χ0) is 40.5. The van der Waals surface area contributed by atoms with Gasteiger partial charge in [0.2, 0.25) is 0 Å². The quantitative estimate of drug-likeness (QED) is 0.155. The number of fused-ring (bicyclic) bond motifs is 11. The van der Waals surface area contributed by atoms with E-state index in [1.165, 1.54) is 172 Å². The zero-order valence-corrected chi connectivity index (χ0v) is 36.7. The summed E-state index contributed by atoms with van der Waals surface area (Å²) < 4.78 is 0. The molecule has 0 saturated heterocycles. The van der Waals surface area contributed by atoms with Gasteiger partial charge in [-0.2, -0.15) is 0 Å². The molecule has 14 rings (SSSR count). The Bertz CT molecular complexity index is 2930. The third-order valence-corrected chi connectivity index (χ3v) is 17.8. The van der Waals surface area contributed by atoms with Crippen molar-refractivity contribution in [3.05, 3.63) is 119 Å². The monoisotopic (exact) mass is 804 g/mol. The van der Waals surface area contributed by atoms with E-state index in [-0.39, 0.29) is 0 Å². The Morgan fingerprint density at radius 3 is 0.839 bits per heavy atom. The van der Waals surface area contributed by atoms with Gasteiger partial charge in [0, 0.05) is 0 Å². The molecule has 0 atom stereocenters. The zero-order valence-electron chi connectivity index (χ0n) is 36.7. The molecule has 0 bridgehead atoms. The van der Waals surface area contributed by atoms with E-state index in [1.54, 1.807) is 76.8 Å². The van der Waals surface area contributed by atoms with Crippen molar-refractivity contribution in [1.82, 2.24) is 0 Å². The van der Waals surface area contributed by atoms with Gasteiger partial charge >= 0.3 is 0 Å². The van der Waals surface area contributed by atoms with E-state index in [2.05, 4.69) is 97.1 Å². The first kappa shape index (κ1) is 36.5. The molecule has 8 aromatic rings. The Morgan fingerprint density at radius 1 is 0.242 bits per heavy atom. The van der Waals surface area contributed by atoms with Gasteiger partial charge in [0.05, 0.1) is 0 Å². The SMILES string of the molecule is c1cc2c3c(cccc3c1)-c1c-2c(C2CCCCC2)c2ccc3c(ccc4c(C5CCCCC5)c5c(c(C6CCCCC6)c43)-c3cccc4cccc-5c34)c2c1C1CCCCC1. The molecular weight excluding hydrogens is 745 g/mol. The number of hydrogen-bond acceptors (Lipinski definition) is 0. The molecule has 62 heavy (non-hydrogen) atoms. The highest BCUT2D eigenvalue weighted by atomic mass is 14.4. The van der Waals surface area contributed by atoms with E-state index in [0.29, 0.717) is 23.7 Å². The van der Waals surface area contributed by atoms with Gasteiger partial charge in [-0.3, -0.25) is 0 Å². The first-order valence-corrected chi connectivity index (χ1v) is 25.5. The molecule has 0 unspecified atom stereocenters. The molecule has 6 aliphatic rings. The van der Waals surface area contributed by atoms with Crippen molar-refractivity contribution in [1.29, 1.82) is 0 Å². The summed E-state index contributed by atoms with van der Waals surface area (Å²) in [7, 11) is 0. The number of rotatable bonds is 4. The van der Waals surface area contributed by atoms with Gasteiger partial charge in [0.25, 0.3) is 0 Å². The van der Waals surface area contributed by atoms with Crippen LogP contribution in [-0.2, 0) is 0 Å². The van der Waals surface area contributed by atoms with Crippen molar-refractivity contribution in [3.63, 3.8) is 0 Å². The fraction of sp³-hybridized carbons (Fsp3) is 0.387. The molecule has 0 heterocycles. The average Bonchev–Trinajstić information content (AvgIpc) is 3.85. The molecule has 0 heteroatoms. The summed E-state index contributed by atoms with van der Waals surface area (Å²) in [5, 5.41) is 15.4. The molecule has 0 spiro atoms. The Kier molecular flexibility index (Phi) is 8.42. The van der Waals surface area contributed by atoms with Crippen LogP contribution in [-0.4, -0.2) is 0 Å². The number of benzene rings is 8. The molecule has 0 amide bonds. The lowest BCUT2D eigenvalue weighted by Crippen LogP contribution is -2.13. The second-order valence-corrected chi connectivity index (χ2v) is 21.0. The molecule has 0 nitrogen and oxygen atoms in total. The normalized spacial score (nSPS) is 19.7. The first-order valence-electron chi connectivity index (χ1n) is 25.5. The Balaban J connectivity index is 1.18. The summed E-state index contributed by atoms with van der Waals surface area (Å²) in [5.74, 6) is 2.41. The minimum atomic E-state index is 0.592. The van der Waals surface area contributed by atoms with Crippen molar-refractivity contribution in [2.75, 3.05) is 0 Å². The molecule has 4 saturated carbocycles. The van der Waals surface area contributed by atoms with Gasteiger partial charge in [-0.1, -0.05) is 174 Å². The fourth-order valence-electron chi connectivity index (χ4n) is 15.4. The second-order valence-electron chi connectivity index (χ2n) is 21.0. The highest BCUT2D eigenvalue weighted by molar-refractivity contribution is 6.29. The van der Waals surface area contributed by atoms with Crippen LogP contribution in [0, 0.1) is 0 Å². The maximum Gasteiger partial charge on any atom is -0.00262 e. The lowest BCUT2D eigenvalue weighted by atomic mass is 9.70. The maximum atomic E-state index is 2.71. The molecule has 4 fully saturated rings. The number of hydrogen-bond donors (Lipinski definition) is 0. The Morgan fingerprint density at radius 2 is 0.516 bits per heavy atom. The Hall–Kier alpha value is -4.94. The van der Waals surface area contributed by atoms with Crippen molar-refractivity contribution >= 4 is 53.9 Å². The molecule has 308 valence electrons. The summed E-state index contributed by atoms with van der Waals surface area (Å²) in [5.41, 5.74) is 19.4. The Labute approximate surface area is 368 Å². The van der Waals surface area contributed by atoms with Gasteiger partial charge in [0.15, 0.2) is 0 Å². The third-order valence-electron chi connectivity index (χ3n) is 17.8. The summed E-state index contributed by atoms with van der Waals surface area (Å²) in [6.07, 6.45) is 26.9. The highest BCUT2D eigenvalue weighted by Crippen LogP contribution is 2.62. The van der Waals surface area contributed by atoms with Crippen LogP contribution in [0.25, 0.3) is 98.4 Å². The molecule has 0 aliphatic heterocycles. The lowest BCUT2D eigenvalue weighted by molar-refractivity contribution is 0.443. The molecule has 6 aliphatic carbocycles. The molecule has 0 radical (unpaired) electrons. The predicted octanol–water partition coefficient (Wildman–Crippen LogP) is 18.9. The van der Waals surface area contributed by atoms with Crippen LogP contribution >= 0.6 is 0 Å². The van der Waals surface area contributed by atoms with E-state index in [0.717, 1.165) is 0 Å². The highest BCUT2D eigenvalue weighted by Gasteiger charge is 2.38. The standard InChI is InChI=1S/C62H60/c1-5-17-39(18-6-1)53-49-35-33-44-43(57(49)55(41-21-9-3-10-22-41)61-47-31-15-27-37-25-13-29-45(51(37)47)59(53)61)34-36-50-54(40-19-7-2-8-20-40)60-46-30-14-26-38-28-16-32-48(52(38)46)62(60)56(58(44)50)42-23-11-4-12-24-42/h13-16,25-36,39-42H,1-12,17-24H2. The van der Waals surface area contributed by atoms with Crippen LogP contribution in [0.4, 0.5) is 0 Å². The lowest BCUT2D eigenvalue weighted by Gasteiger charge is -2.33. The van der Waals surface area contributed by atoms with Crippen LogP contribution in [0.1, 0.15) is 174 Å². The van der Waals surface area contributed by atoms with Crippen molar-refractivity contribution in [2.24, 2.45) is 0 Å². The molecule has 0 aromatic heterocycles. The van der Waals surface area contributed by atoms with Gasteiger partial charge in [-0.25, -0.2) is 0 Å². The van der Waals surface area contributed by atoms with Gasteiger partial charge < -0.3 is 0 Å². The van der Waals surface area contributed by atoms with E-state index >= 15 is 0 Å². The molecule has 0 N–H and O–H groups in total. The van der Waals surface area contributed by atoms with Gasteiger partial charge in [-0.15, -0.1) is 0 Å². The van der Waals surface area contributed by atoms with Crippen LogP contribution in [0.15, 0.2) is 97.1 Å². The third kappa shape index (κ3) is 5.13. The van der Waals surface area contributed by atoms with Crippen LogP contribution in [0.2, 0.25) is 0 Å². The largest absolute Gasteiger partial charge is 0.0610 e. The summed E-state index contributed by atoms with van der Waals surface area (Å²) in [6.45, 7) is 0. The summed E-state index contributed by atoms with van der Waals surface area (Å²) in [4.78, 5) is 0. The van der Waals surface area contributed by atoms with Crippen LogP contribution in [0.3, 0.4) is 0 Å². The second kappa shape index (κ2) is 14.3. The molecular formula is C62H60. The van der Waals surface area contributed by atoms with Crippen LogP contribution < -0.4 is 0 Å². The average molecular weight is 805 g/mol. The van der Waals surface area contributed by atoms with E-state index in [1.807, 2.05) is 0 Å². The predicted molar refractivity (Wildman–Crippen MR) is 266 cm³/mol. The van der Waals surface area contributed by atoms with Gasteiger partial charge in [0.1, 0.15) is 0 Å². The van der Waals surface area contributed by atoms with E-state index in [9.17, 15) is 0 Å². The fourth-order valence-corrected chi connectivity index (χ4v) is 15.4.